The summed E-state index contributed by atoms with van der Waals surface area (Å²) in [4.78, 5) is 26.5. The van der Waals surface area contributed by atoms with Gasteiger partial charge in [0.1, 0.15) is 12.0 Å². The Hall–Kier alpha value is -2.51. The Bertz CT molecular complexity index is 1000. The summed E-state index contributed by atoms with van der Waals surface area (Å²) in [6.45, 7) is 3.60. The van der Waals surface area contributed by atoms with E-state index in [4.69, 9.17) is 11.6 Å². The van der Waals surface area contributed by atoms with E-state index in [0.29, 0.717) is 28.2 Å². The molecule has 0 saturated carbocycles. The van der Waals surface area contributed by atoms with Crippen molar-refractivity contribution in [2.24, 2.45) is 0 Å². The Kier molecular flexibility index (Phi) is 4.06. The highest BCUT2D eigenvalue weighted by Crippen LogP contribution is 2.25. The first-order chi connectivity index (χ1) is 13.2. The molecule has 8 heteroatoms. The van der Waals surface area contributed by atoms with Gasteiger partial charge in [0, 0.05) is 36.3 Å². The molecule has 5 rings (SSSR count). The normalized spacial score (nSPS) is 20.2. The van der Waals surface area contributed by atoms with Crippen molar-refractivity contribution in [1.29, 1.82) is 0 Å². The zero-order chi connectivity index (χ0) is 18.4. The first-order valence-corrected chi connectivity index (χ1v) is 9.57. The number of rotatable bonds is 2. The van der Waals surface area contributed by atoms with Gasteiger partial charge in [0.25, 0.3) is 11.7 Å². The summed E-state index contributed by atoms with van der Waals surface area (Å²) in [6, 6.07) is 9.69. The van der Waals surface area contributed by atoms with E-state index in [9.17, 15) is 4.79 Å². The van der Waals surface area contributed by atoms with Crippen LogP contribution in [0, 0.1) is 0 Å². The lowest BCUT2D eigenvalue weighted by atomic mass is 10.1. The maximum atomic E-state index is 13.3. The predicted molar refractivity (Wildman–Crippen MR) is 102 cm³/mol. The number of carbonyl (C=O) groups excluding carboxylic acids is 1. The molecule has 1 aromatic carbocycles. The lowest BCUT2D eigenvalue weighted by molar-refractivity contribution is 0.0563. The van der Waals surface area contributed by atoms with Gasteiger partial charge in [-0.1, -0.05) is 23.7 Å². The molecule has 2 aliphatic heterocycles. The maximum absolute atomic E-state index is 13.3. The summed E-state index contributed by atoms with van der Waals surface area (Å²) in [6.07, 6.45) is 3.81. The second-order valence-corrected chi connectivity index (χ2v) is 7.52. The topological polar surface area (TPSA) is 66.6 Å². The van der Waals surface area contributed by atoms with Gasteiger partial charge in [-0.05, 0) is 37.6 Å². The molecule has 1 amide bonds. The fourth-order valence-corrected chi connectivity index (χ4v) is 4.20. The molecule has 1 atom stereocenters. The zero-order valence-electron chi connectivity index (χ0n) is 14.8. The van der Waals surface area contributed by atoms with Crippen LogP contribution in [-0.2, 0) is 0 Å². The Labute approximate surface area is 161 Å². The van der Waals surface area contributed by atoms with Crippen LogP contribution in [-0.4, -0.2) is 67.5 Å². The number of benzene rings is 1. The molecule has 138 valence electrons. The van der Waals surface area contributed by atoms with E-state index < -0.39 is 0 Å². The summed E-state index contributed by atoms with van der Waals surface area (Å²) in [5, 5.41) is 4.87. The van der Waals surface area contributed by atoms with E-state index in [1.165, 1.54) is 17.3 Å². The molecule has 0 bridgehead atoms. The molecule has 0 radical (unpaired) electrons. The molecular formula is C19H19ClN6O. The third kappa shape index (κ3) is 2.96. The van der Waals surface area contributed by atoms with E-state index in [2.05, 4.69) is 20.0 Å². The molecule has 0 spiro atoms. The van der Waals surface area contributed by atoms with Crippen LogP contribution in [0.2, 0.25) is 5.02 Å². The minimum atomic E-state index is -0.0188. The third-order valence-corrected chi connectivity index (χ3v) is 5.74. The van der Waals surface area contributed by atoms with Crippen LogP contribution in [0.5, 0.6) is 0 Å². The predicted octanol–water partition coefficient (Wildman–Crippen LogP) is 2.36. The minimum absolute atomic E-state index is 0.0188. The number of amides is 1. The first kappa shape index (κ1) is 16.6. The van der Waals surface area contributed by atoms with Crippen molar-refractivity contribution in [2.45, 2.75) is 18.9 Å². The molecule has 7 nitrogen and oxygen atoms in total. The van der Waals surface area contributed by atoms with Crippen LogP contribution in [0.15, 0.2) is 36.7 Å². The molecular weight excluding hydrogens is 364 g/mol. The van der Waals surface area contributed by atoms with Crippen molar-refractivity contribution >= 4 is 23.3 Å². The Balaban J connectivity index is 1.52. The highest BCUT2D eigenvalue weighted by atomic mass is 35.5. The molecule has 2 saturated heterocycles. The van der Waals surface area contributed by atoms with Gasteiger partial charge in [0.05, 0.1) is 5.69 Å². The minimum Gasteiger partial charge on any atom is -0.334 e. The lowest BCUT2D eigenvalue weighted by Crippen LogP contribution is -2.52. The average Bonchev–Trinajstić information content (AvgIpc) is 3.35. The largest absolute Gasteiger partial charge is 0.334 e. The van der Waals surface area contributed by atoms with Gasteiger partial charge >= 0.3 is 0 Å². The molecule has 2 fully saturated rings. The number of hydrogen-bond acceptors (Lipinski definition) is 5. The van der Waals surface area contributed by atoms with E-state index in [-0.39, 0.29) is 5.91 Å². The fraction of sp³-hybridized carbons (Fsp3) is 0.368. The van der Waals surface area contributed by atoms with Gasteiger partial charge in [0.15, 0.2) is 0 Å². The molecule has 4 heterocycles. The maximum Gasteiger partial charge on any atom is 0.272 e. The molecule has 27 heavy (non-hydrogen) atoms. The van der Waals surface area contributed by atoms with Crippen molar-refractivity contribution in [3.05, 3.63) is 47.4 Å². The smallest absolute Gasteiger partial charge is 0.272 e. The number of fused-ring (bicyclic) bond motifs is 2. The number of aromatic nitrogens is 4. The summed E-state index contributed by atoms with van der Waals surface area (Å²) in [5.41, 5.74) is 2.07. The second kappa shape index (κ2) is 6.58. The second-order valence-electron chi connectivity index (χ2n) is 7.09. The third-order valence-electron chi connectivity index (χ3n) is 5.49. The summed E-state index contributed by atoms with van der Waals surface area (Å²) < 4.78 is 1.53. The first-order valence-electron chi connectivity index (χ1n) is 9.19. The van der Waals surface area contributed by atoms with Crippen molar-refractivity contribution in [3.63, 3.8) is 0 Å². The molecule has 0 N–H and O–H groups in total. The zero-order valence-corrected chi connectivity index (χ0v) is 15.5. The van der Waals surface area contributed by atoms with Crippen molar-refractivity contribution in [3.8, 4) is 11.3 Å². The average molecular weight is 383 g/mol. The Morgan fingerprint density at radius 3 is 2.85 bits per heavy atom. The summed E-state index contributed by atoms with van der Waals surface area (Å²) in [7, 11) is 0. The molecule has 0 unspecified atom stereocenters. The van der Waals surface area contributed by atoms with Crippen molar-refractivity contribution in [1.82, 2.24) is 29.4 Å². The molecule has 2 aliphatic rings. The fourth-order valence-electron chi connectivity index (χ4n) is 4.07. The van der Waals surface area contributed by atoms with E-state index in [1.54, 1.807) is 6.07 Å². The van der Waals surface area contributed by atoms with Crippen molar-refractivity contribution < 1.29 is 4.79 Å². The van der Waals surface area contributed by atoms with Gasteiger partial charge in [-0.25, -0.2) is 4.98 Å². The molecule has 0 aliphatic carbocycles. The van der Waals surface area contributed by atoms with Gasteiger partial charge in [-0.3, -0.25) is 9.69 Å². The van der Waals surface area contributed by atoms with Crippen LogP contribution < -0.4 is 0 Å². The quantitative estimate of drug-likeness (QED) is 0.680. The Morgan fingerprint density at radius 1 is 1.15 bits per heavy atom. The standard InChI is InChI=1S/C19H19ClN6O/c20-14-5-3-13(4-6-14)16-10-17(26-19(23-16)21-12-22-26)18(27)25-9-8-24-7-1-2-15(24)11-25/h3-6,10,12,15H,1-2,7-9,11H2/t15-/m1/s1. The number of piperazine rings is 1. The van der Waals surface area contributed by atoms with Crippen LogP contribution in [0.4, 0.5) is 0 Å². The highest BCUT2D eigenvalue weighted by Gasteiger charge is 2.33. The summed E-state index contributed by atoms with van der Waals surface area (Å²) >= 11 is 5.99. The van der Waals surface area contributed by atoms with Gasteiger partial charge in [-0.2, -0.15) is 14.6 Å². The van der Waals surface area contributed by atoms with E-state index in [0.717, 1.165) is 38.2 Å². The van der Waals surface area contributed by atoms with Gasteiger partial charge in [-0.15, -0.1) is 0 Å². The number of halogens is 1. The number of nitrogens with zero attached hydrogens (tertiary/aromatic N) is 6. The molecule has 3 aromatic rings. The van der Waals surface area contributed by atoms with Gasteiger partial charge < -0.3 is 4.90 Å². The van der Waals surface area contributed by atoms with E-state index >= 15 is 0 Å². The van der Waals surface area contributed by atoms with E-state index in [1.807, 2.05) is 29.2 Å². The van der Waals surface area contributed by atoms with Crippen LogP contribution in [0.3, 0.4) is 0 Å². The monoisotopic (exact) mass is 382 g/mol. The number of carbonyl (C=O) groups is 1. The van der Waals surface area contributed by atoms with Gasteiger partial charge in [0.2, 0.25) is 0 Å². The van der Waals surface area contributed by atoms with Crippen LogP contribution >= 0.6 is 11.6 Å². The van der Waals surface area contributed by atoms with Crippen LogP contribution in [0.25, 0.3) is 17.0 Å². The van der Waals surface area contributed by atoms with Crippen molar-refractivity contribution in [2.75, 3.05) is 26.2 Å². The Morgan fingerprint density at radius 2 is 2.00 bits per heavy atom. The number of hydrogen-bond donors (Lipinski definition) is 0. The summed E-state index contributed by atoms with van der Waals surface area (Å²) in [5.74, 6) is 0.403. The van der Waals surface area contributed by atoms with Crippen LogP contribution in [0.1, 0.15) is 23.3 Å². The SMILES string of the molecule is O=C(c1cc(-c2ccc(Cl)cc2)nc2ncnn12)N1CCN2CCC[C@@H]2C1. The lowest BCUT2D eigenvalue weighted by Gasteiger charge is -2.37. The highest BCUT2D eigenvalue weighted by molar-refractivity contribution is 6.30. The molecule has 2 aromatic heterocycles.